The Morgan fingerprint density at radius 2 is 2.22 bits per heavy atom. The molecule has 3 rings (SSSR count). The summed E-state index contributed by atoms with van der Waals surface area (Å²) in [6, 6.07) is 6.46. The van der Waals surface area contributed by atoms with Gasteiger partial charge < -0.3 is 4.98 Å². The molecule has 5 heteroatoms. The standard InChI is InChI=1S/C13H13BrN4/c14-4-3-10-7-15-12-2-1-9(5-11(10)12)6-13-16-8-17-18-13/h1-2,5,7-8,15H,3-4,6H2,(H,16,17,18). The number of alkyl halides is 1. The van der Waals surface area contributed by atoms with E-state index in [1.807, 2.05) is 0 Å². The molecule has 0 aliphatic heterocycles. The number of nitrogens with zero attached hydrogens (tertiary/aromatic N) is 2. The normalized spacial score (nSPS) is 11.2. The average Bonchev–Trinajstić information content (AvgIpc) is 3.00. The van der Waals surface area contributed by atoms with E-state index in [2.05, 4.69) is 60.5 Å². The molecular weight excluding hydrogens is 292 g/mol. The van der Waals surface area contributed by atoms with Crippen molar-refractivity contribution in [1.29, 1.82) is 0 Å². The Morgan fingerprint density at radius 1 is 1.28 bits per heavy atom. The smallest absolute Gasteiger partial charge is 0.154 e. The Hall–Kier alpha value is -1.62. The minimum absolute atomic E-state index is 0.762. The molecule has 4 nitrogen and oxygen atoms in total. The lowest BCUT2D eigenvalue weighted by Gasteiger charge is -2.00. The Kier molecular flexibility index (Phi) is 3.15. The topological polar surface area (TPSA) is 57.4 Å². The first-order valence-corrected chi connectivity index (χ1v) is 6.98. The third-order valence-corrected chi connectivity index (χ3v) is 3.42. The number of benzene rings is 1. The van der Waals surface area contributed by atoms with Crippen molar-refractivity contribution in [2.75, 3.05) is 5.33 Å². The molecule has 2 heterocycles. The van der Waals surface area contributed by atoms with Crippen molar-refractivity contribution in [3.63, 3.8) is 0 Å². The Bertz CT molecular complexity index is 642. The number of aromatic nitrogens is 4. The molecule has 0 radical (unpaired) electrons. The Morgan fingerprint density at radius 3 is 3.00 bits per heavy atom. The molecule has 0 aliphatic carbocycles. The highest BCUT2D eigenvalue weighted by molar-refractivity contribution is 9.09. The van der Waals surface area contributed by atoms with Crippen LogP contribution < -0.4 is 0 Å². The van der Waals surface area contributed by atoms with Gasteiger partial charge in [-0.05, 0) is 29.7 Å². The maximum absolute atomic E-state index is 4.16. The molecule has 0 saturated carbocycles. The van der Waals surface area contributed by atoms with Gasteiger partial charge in [0.05, 0.1) is 0 Å². The van der Waals surface area contributed by atoms with E-state index in [4.69, 9.17) is 0 Å². The van der Waals surface area contributed by atoms with E-state index in [1.54, 1.807) is 6.33 Å². The summed E-state index contributed by atoms with van der Waals surface area (Å²) in [5.41, 5.74) is 3.76. The number of rotatable bonds is 4. The zero-order valence-electron chi connectivity index (χ0n) is 9.78. The number of fused-ring (bicyclic) bond motifs is 1. The van der Waals surface area contributed by atoms with Gasteiger partial charge in [-0.2, -0.15) is 5.10 Å². The van der Waals surface area contributed by atoms with Crippen LogP contribution >= 0.6 is 15.9 Å². The largest absolute Gasteiger partial charge is 0.361 e. The van der Waals surface area contributed by atoms with Gasteiger partial charge in [0.25, 0.3) is 0 Å². The molecule has 0 fully saturated rings. The molecule has 0 unspecified atom stereocenters. The highest BCUT2D eigenvalue weighted by Crippen LogP contribution is 2.21. The maximum Gasteiger partial charge on any atom is 0.154 e. The lowest BCUT2D eigenvalue weighted by molar-refractivity contribution is 0.973. The van der Waals surface area contributed by atoms with Crippen molar-refractivity contribution in [3.8, 4) is 0 Å². The van der Waals surface area contributed by atoms with Crippen molar-refractivity contribution in [3.05, 3.63) is 47.7 Å². The lowest BCUT2D eigenvalue weighted by Crippen LogP contribution is -1.91. The predicted octanol–water partition coefficient (Wildman–Crippen LogP) is 2.81. The highest BCUT2D eigenvalue weighted by atomic mass is 79.9. The van der Waals surface area contributed by atoms with Gasteiger partial charge in [0.2, 0.25) is 0 Å². The van der Waals surface area contributed by atoms with Crippen LogP contribution in [0.4, 0.5) is 0 Å². The molecule has 92 valence electrons. The third-order valence-electron chi connectivity index (χ3n) is 3.02. The first-order chi connectivity index (χ1) is 8.86. The average molecular weight is 305 g/mol. The van der Waals surface area contributed by atoms with Crippen LogP contribution in [0.3, 0.4) is 0 Å². The molecule has 3 aromatic rings. The van der Waals surface area contributed by atoms with E-state index in [1.165, 1.54) is 22.0 Å². The molecule has 1 aromatic carbocycles. The summed E-state index contributed by atoms with van der Waals surface area (Å²) in [5, 5.41) is 9.10. The lowest BCUT2D eigenvalue weighted by atomic mass is 10.1. The second-order valence-electron chi connectivity index (χ2n) is 4.22. The van der Waals surface area contributed by atoms with E-state index in [0.717, 1.165) is 24.0 Å². The van der Waals surface area contributed by atoms with Gasteiger partial charge >= 0.3 is 0 Å². The van der Waals surface area contributed by atoms with Crippen molar-refractivity contribution >= 4 is 26.8 Å². The zero-order valence-corrected chi connectivity index (χ0v) is 11.4. The van der Waals surface area contributed by atoms with Gasteiger partial charge in [0.1, 0.15) is 6.33 Å². The van der Waals surface area contributed by atoms with Crippen LogP contribution in [-0.2, 0) is 12.8 Å². The number of nitrogens with one attached hydrogen (secondary N) is 2. The fraction of sp³-hybridized carbons (Fsp3) is 0.231. The highest BCUT2D eigenvalue weighted by Gasteiger charge is 2.06. The quantitative estimate of drug-likeness (QED) is 0.728. The Labute approximate surface area is 113 Å². The second kappa shape index (κ2) is 4.94. The van der Waals surface area contributed by atoms with Crippen LogP contribution in [0.1, 0.15) is 17.0 Å². The van der Waals surface area contributed by atoms with Gasteiger partial charge in [-0.3, -0.25) is 5.10 Å². The van der Waals surface area contributed by atoms with Crippen LogP contribution in [-0.4, -0.2) is 25.5 Å². The molecule has 0 spiro atoms. The van der Waals surface area contributed by atoms with Crippen LogP contribution in [0.5, 0.6) is 0 Å². The Balaban J connectivity index is 1.96. The number of hydrogen-bond donors (Lipinski definition) is 2. The molecular formula is C13H13BrN4. The first kappa shape index (κ1) is 11.5. The minimum atomic E-state index is 0.762. The number of hydrogen-bond acceptors (Lipinski definition) is 2. The fourth-order valence-electron chi connectivity index (χ4n) is 2.15. The van der Waals surface area contributed by atoms with E-state index in [-0.39, 0.29) is 0 Å². The van der Waals surface area contributed by atoms with Gasteiger partial charge in [0.15, 0.2) is 5.82 Å². The molecule has 0 saturated heterocycles. The molecule has 2 aromatic heterocycles. The summed E-state index contributed by atoms with van der Waals surface area (Å²) in [4.78, 5) is 7.46. The molecule has 0 amide bonds. The molecule has 18 heavy (non-hydrogen) atoms. The second-order valence-corrected chi connectivity index (χ2v) is 5.02. The molecule has 0 bridgehead atoms. The van der Waals surface area contributed by atoms with Crippen LogP contribution in [0.2, 0.25) is 0 Å². The number of aryl methyl sites for hydroxylation is 1. The summed E-state index contributed by atoms with van der Waals surface area (Å²) in [6.45, 7) is 0. The fourth-order valence-corrected chi connectivity index (χ4v) is 2.57. The van der Waals surface area contributed by atoms with Gasteiger partial charge in [-0.1, -0.05) is 22.0 Å². The van der Waals surface area contributed by atoms with Crippen molar-refractivity contribution < 1.29 is 0 Å². The van der Waals surface area contributed by atoms with Crippen LogP contribution in [0, 0.1) is 0 Å². The minimum Gasteiger partial charge on any atom is -0.361 e. The molecule has 0 aliphatic rings. The van der Waals surface area contributed by atoms with Gasteiger partial charge in [0, 0.05) is 28.9 Å². The number of aromatic amines is 2. The van der Waals surface area contributed by atoms with E-state index in [9.17, 15) is 0 Å². The van der Waals surface area contributed by atoms with Gasteiger partial charge in [-0.25, -0.2) is 4.98 Å². The number of halogens is 1. The maximum atomic E-state index is 4.16. The van der Waals surface area contributed by atoms with Crippen LogP contribution in [0.15, 0.2) is 30.7 Å². The van der Waals surface area contributed by atoms with E-state index in [0.29, 0.717) is 0 Å². The summed E-state index contributed by atoms with van der Waals surface area (Å²) >= 11 is 3.49. The predicted molar refractivity (Wildman–Crippen MR) is 75.0 cm³/mol. The van der Waals surface area contributed by atoms with E-state index < -0.39 is 0 Å². The summed E-state index contributed by atoms with van der Waals surface area (Å²) < 4.78 is 0. The summed E-state index contributed by atoms with van der Waals surface area (Å²) in [5.74, 6) is 0.826. The summed E-state index contributed by atoms with van der Waals surface area (Å²) in [7, 11) is 0. The van der Waals surface area contributed by atoms with E-state index >= 15 is 0 Å². The SMILES string of the molecule is BrCCc1c[nH]c2ccc(Cc3nc[nH]n3)cc12. The van der Waals surface area contributed by atoms with Crippen molar-refractivity contribution in [2.24, 2.45) is 0 Å². The first-order valence-electron chi connectivity index (χ1n) is 5.86. The molecule has 0 atom stereocenters. The van der Waals surface area contributed by atoms with Crippen LogP contribution in [0.25, 0.3) is 10.9 Å². The van der Waals surface area contributed by atoms with Gasteiger partial charge in [-0.15, -0.1) is 0 Å². The monoisotopic (exact) mass is 304 g/mol. The van der Waals surface area contributed by atoms with Crippen molar-refractivity contribution in [2.45, 2.75) is 12.8 Å². The zero-order chi connectivity index (χ0) is 12.4. The third kappa shape index (κ3) is 2.18. The number of H-pyrrole nitrogens is 2. The summed E-state index contributed by atoms with van der Waals surface area (Å²) in [6.07, 6.45) is 5.49. The van der Waals surface area contributed by atoms with Crippen molar-refractivity contribution in [1.82, 2.24) is 20.2 Å². The molecule has 2 N–H and O–H groups in total.